The number of benzene rings is 2. The molecule has 4 N–H and O–H groups in total. The fourth-order valence-electron chi connectivity index (χ4n) is 4.05. The zero-order valence-corrected chi connectivity index (χ0v) is 17.3. The summed E-state index contributed by atoms with van der Waals surface area (Å²) >= 11 is 0. The Morgan fingerprint density at radius 3 is 1.29 bits per heavy atom. The van der Waals surface area contributed by atoms with Crippen LogP contribution in [0, 0.1) is 0 Å². The predicted molar refractivity (Wildman–Crippen MR) is 119 cm³/mol. The molecule has 0 aliphatic carbocycles. The van der Waals surface area contributed by atoms with Gasteiger partial charge in [0.25, 0.3) is 0 Å². The molecule has 28 heavy (non-hydrogen) atoms. The molecule has 0 spiro atoms. The Labute approximate surface area is 170 Å². The van der Waals surface area contributed by atoms with E-state index in [-0.39, 0.29) is 0 Å². The second-order valence-corrected chi connectivity index (χ2v) is 8.02. The van der Waals surface area contributed by atoms with Gasteiger partial charge in [0, 0.05) is 50.3 Å². The molecule has 4 heteroatoms. The van der Waals surface area contributed by atoms with E-state index in [0.29, 0.717) is 24.2 Å². The van der Waals surface area contributed by atoms with Crippen molar-refractivity contribution in [2.24, 2.45) is 0 Å². The summed E-state index contributed by atoms with van der Waals surface area (Å²) in [5, 5.41) is 14.9. The van der Waals surface area contributed by atoms with E-state index in [9.17, 15) is 0 Å². The number of hydrogen-bond acceptors (Lipinski definition) is 4. The Balaban J connectivity index is 1.63. The standard InChI is InChI=1S/C24H36N4/c1-19-17-23(21-9-5-3-6-10-21)27-16-14-26-20(2)18-24(28-15-13-25-19)22-11-7-4-8-12-22/h3-12,19-20,23-28H,13-18H2,1-2H3/t19-,20-,23-,24+/m0/s1. The Morgan fingerprint density at radius 1 is 0.536 bits per heavy atom. The highest BCUT2D eigenvalue weighted by Crippen LogP contribution is 2.20. The number of rotatable bonds is 2. The highest BCUT2D eigenvalue weighted by molar-refractivity contribution is 5.20. The summed E-state index contributed by atoms with van der Waals surface area (Å²) in [5.74, 6) is 0. The van der Waals surface area contributed by atoms with Crippen LogP contribution in [-0.2, 0) is 0 Å². The van der Waals surface area contributed by atoms with Crippen molar-refractivity contribution in [3.63, 3.8) is 0 Å². The van der Waals surface area contributed by atoms with Crippen molar-refractivity contribution in [1.29, 1.82) is 0 Å². The van der Waals surface area contributed by atoms with E-state index in [1.165, 1.54) is 11.1 Å². The van der Waals surface area contributed by atoms with Crippen molar-refractivity contribution in [3.05, 3.63) is 71.8 Å². The summed E-state index contributed by atoms with van der Waals surface area (Å²) in [5.41, 5.74) is 2.75. The van der Waals surface area contributed by atoms with Crippen molar-refractivity contribution in [3.8, 4) is 0 Å². The van der Waals surface area contributed by atoms with Crippen LogP contribution in [0.25, 0.3) is 0 Å². The summed E-state index contributed by atoms with van der Waals surface area (Å²) < 4.78 is 0. The van der Waals surface area contributed by atoms with E-state index < -0.39 is 0 Å². The lowest BCUT2D eigenvalue weighted by molar-refractivity contribution is 0.371. The average Bonchev–Trinajstić information content (AvgIpc) is 2.73. The molecule has 4 atom stereocenters. The van der Waals surface area contributed by atoms with Gasteiger partial charge in [-0.3, -0.25) is 0 Å². The molecular weight excluding hydrogens is 344 g/mol. The van der Waals surface area contributed by atoms with Gasteiger partial charge in [0.15, 0.2) is 0 Å². The van der Waals surface area contributed by atoms with E-state index in [2.05, 4.69) is 95.8 Å². The molecule has 0 saturated carbocycles. The first-order valence-electron chi connectivity index (χ1n) is 10.8. The minimum atomic E-state index is 0.383. The molecule has 0 bridgehead atoms. The monoisotopic (exact) mass is 380 g/mol. The van der Waals surface area contributed by atoms with Gasteiger partial charge in [-0.2, -0.15) is 0 Å². The topological polar surface area (TPSA) is 48.1 Å². The molecule has 2 aromatic carbocycles. The van der Waals surface area contributed by atoms with E-state index in [1.54, 1.807) is 0 Å². The summed E-state index contributed by atoms with van der Waals surface area (Å²) in [6, 6.07) is 23.3. The third-order valence-electron chi connectivity index (χ3n) is 5.60. The lowest BCUT2D eigenvalue weighted by Crippen LogP contribution is -2.42. The minimum Gasteiger partial charge on any atom is -0.313 e. The zero-order valence-electron chi connectivity index (χ0n) is 17.3. The highest BCUT2D eigenvalue weighted by atomic mass is 15.0. The van der Waals surface area contributed by atoms with Gasteiger partial charge in [0.1, 0.15) is 0 Å². The maximum absolute atomic E-state index is 3.77. The Morgan fingerprint density at radius 2 is 0.893 bits per heavy atom. The quantitative estimate of drug-likeness (QED) is 0.645. The maximum atomic E-state index is 3.77. The maximum Gasteiger partial charge on any atom is 0.0335 e. The van der Waals surface area contributed by atoms with Crippen molar-refractivity contribution >= 4 is 0 Å². The van der Waals surface area contributed by atoms with Crippen molar-refractivity contribution in [2.45, 2.75) is 50.9 Å². The molecule has 0 aromatic heterocycles. The molecule has 1 aliphatic heterocycles. The second kappa shape index (κ2) is 11.3. The van der Waals surface area contributed by atoms with Gasteiger partial charge in [-0.1, -0.05) is 60.7 Å². The molecule has 1 saturated heterocycles. The predicted octanol–water partition coefficient (Wildman–Crippen LogP) is 3.40. The lowest BCUT2D eigenvalue weighted by Gasteiger charge is -2.27. The van der Waals surface area contributed by atoms with Crippen LogP contribution in [0.5, 0.6) is 0 Å². The van der Waals surface area contributed by atoms with Crippen molar-refractivity contribution in [2.75, 3.05) is 26.2 Å². The first kappa shape index (κ1) is 21.0. The van der Waals surface area contributed by atoms with Crippen LogP contribution in [0.15, 0.2) is 60.7 Å². The van der Waals surface area contributed by atoms with Crippen LogP contribution in [0.2, 0.25) is 0 Å². The minimum absolute atomic E-state index is 0.383. The van der Waals surface area contributed by atoms with Crippen LogP contribution in [-0.4, -0.2) is 38.3 Å². The first-order valence-corrected chi connectivity index (χ1v) is 10.8. The third kappa shape index (κ3) is 6.71. The highest BCUT2D eigenvalue weighted by Gasteiger charge is 2.17. The molecule has 0 amide bonds. The van der Waals surface area contributed by atoms with Crippen LogP contribution in [0.4, 0.5) is 0 Å². The molecule has 4 nitrogen and oxygen atoms in total. The van der Waals surface area contributed by atoms with Gasteiger partial charge in [-0.25, -0.2) is 0 Å². The molecule has 1 aliphatic rings. The molecule has 1 heterocycles. The largest absolute Gasteiger partial charge is 0.313 e. The van der Waals surface area contributed by atoms with E-state index in [0.717, 1.165) is 39.0 Å². The smallest absolute Gasteiger partial charge is 0.0335 e. The molecule has 1 fully saturated rings. The molecule has 0 unspecified atom stereocenters. The van der Waals surface area contributed by atoms with Crippen LogP contribution in [0.3, 0.4) is 0 Å². The number of nitrogens with one attached hydrogen (secondary N) is 4. The van der Waals surface area contributed by atoms with Gasteiger partial charge in [-0.05, 0) is 37.8 Å². The zero-order chi connectivity index (χ0) is 19.6. The lowest BCUT2D eigenvalue weighted by atomic mass is 9.99. The third-order valence-corrected chi connectivity index (χ3v) is 5.60. The SMILES string of the molecule is C[C@H]1C[C@@H](c2ccccc2)NCCN[C@@H](C)C[C@H](c2ccccc2)NCCN1. The van der Waals surface area contributed by atoms with Gasteiger partial charge >= 0.3 is 0 Å². The van der Waals surface area contributed by atoms with Gasteiger partial charge in [-0.15, -0.1) is 0 Å². The Kier molecular flexibility index (Phi) is 8.49. The van der Waals surface area contributed by atoms with Crippen LogP contribution < -0.4 is 21.3 Å². The molecule has 152 valence electrons. The van der Waals surface area contributed by atoms with Gasteiger partial charge in [0.05, 0.1) is 0 Å². The number of hydrogen-bond donors (Lipinski definition) is 4. The summed E-state index contributed by atoms with van der Waals surface area (Å²) in [6.45, 7) is 8.48. The fourth-order valence-corrected chi connectivity index (χ4v) is 4.05. The molecule has 0 radical (unpaired) electrons. The van der Waals surface area contributed by atoms with E-state index >= 15 is 0 Å². The Hall–Kier alpha value is -1.72. The van der Waals surface area contributed by atoms with Crippen molar-refractivity contribution < 1.29 is 0 Å². The summed E-state index contributed by atoms with van der Waals surface area (Å²) in [6.07, 6.45) is 2.17. The second-order valence-electron chi connectivity index (χ2n) is 8.02. The van der Waals surface area contributed by atoms with Gasteiger partial charge in [0.2, 0.25) is 0 Å². The normalized spacial score (nSPS) is 28.4. The average molecular weight is 381 g/mol. The first-order chi connectivity index (χ1) is 13.7. The van der Waals surface area contributed by atoms with Crippen molar-refractivity contribution in [1.82, 2.24) is 21.3 Å². The molecule has 3 rings (SSSR count). The molecular formula is C24H36N4. The van der Waals surface area contributed by atoms with E-state index in [1.807, 2.05) is 0 Å². The fraction of sp³-hybridized carbons (Fsp3) is 0.500. The van der Waals surface area contributed by atoms with E-state index in [4.69, 9.17) is 0 Å². The van der Waals surface area contributed by atoms with Crippen LogP contribution in [0.1, 0.15) is 49.9 Å². The summed E-state index contributed by atoms with van der Waals surface area (Å²) in [4.78, 5) is 0. The Bertz CT molecular complexity index is 601. The van der Waals surface area contributed by atoms with Gasteiger partial charge < -0.3 is 21.3 Å². The van der Waals surface area contributed by atoms with Crippen LogP contribution >= 0.6 is 0 Å². The molecule has 2 aromatic rings. The summed E-state index contributed by atoms with van der Waals surface area (Å²) in [7, 11) is 0.